The zero-order valence-corrected chi connectivity index (χ0v) is 20.1. The summed E-state index contributed by atoms with van der Waals surface area (Å²) >= 11 is 0. The van der Waals surface area contributed by atoms with E-state index in [-0.39, 0.29) is 5.78 Å². The topological polar surface area (TPSA) is 26.3 Å². The van der Waals surface area contributed by atoms with Gasteiger partial charge in [0.05, 0.1) is 6.61 Å². The van der Waals surface area contributed by atoms with Crippen molar-refractivity contribution in [3.8, 4) is 11.8 Å². The van der Waals surface area contributed by atoms with Crippen molar-refractivity contribution in [1.29, 1.82) is 0 Å². The first-order valence-corrected chi connectivity index (χ1v) is 13.2. The van der Waals surface area contributed by atoms with E-state index in [4.69, 9.17) is 4.43 Å². The molecule has 0 aromatic heterocycles. The first-order valence-electron chi connectivity index (χ1n) is 11.3. The summed E-state index contributed by atoms with van der Waals surface area (Å²) < 4.78 is 6.86. The molecule has 0 unspecified atom stereocenters. The van der Waals surface area contributed by atoms with E-state index in [0.717, 1.165) is 5.57 Å². The zero-order valence-electron chi connectivity index (χ0n) is 19.1. The van der Waals surface area contributed by atoms with Crippen LogP contribution in [0.2, 0.25) is 0 Å². The molecule has 0 aliphatic rings. The van der Waals surface area contributed by atoms with Crippen LogP contribution in [-0.2, 0) is 4.43 Å². The van der Waals surface area contributed by atoms with Crippen molar-refractivity contribution >= 4 is 29.7 Å². The molecule has 0 bridgehead atoms. The third-order valence-electron chi connectivity index (χ3n) is 5.64. The van der Waals surface area contributed by atoms with E-state index >= 15 is 0 Å². The summed E-state index contributed by atoms with van der Waals surface area (Å²) in [6.45, 7) is 2.30. The molecular weight excluding hydrogens is 432 g/mol. The summed E-state index contributed by atoms with van der Waals surface area (Å²) in [5, 5.41) is 3.55. The molecule has 0 N–H and O–H groups in total. The van der Waals surface area contributed by atoms with Gasteiger partial charge in [0.25, 0.3) is 8.32 Å². The smallest absolute Gasteiger partial charge is 0.288 e. The summed E-state index contributed by atoms with van der Waals surface area (Å²) in [5.41, 5.74) is 1.41. The Morgan fingerprint density at radius 1 is 0.676 bits per heavy atom. The van der Waals surface area contributed by atoms with E-state index in [1.165, 1.54) is 15.6 Å². The van der Waals surface area contributed by atoms with Crippen molar-refractivity contribution in [2.75, 3.05) is 6.61 Å². The SMILES string of the molecule is CC(C#CC(=O)c1ccccc1)=CCO[Si](c1ccccc1)(c1ccccc1)c1ccccc1. The minimum atomic E-state index is -2.75. The normalized spacial score (nSPS) is 11.4. The monoisotopic (exact) mass is 458 g/mol. The van der Waals surface area contributed by atoms with E-state index in [1.54, 1.807) is 12.1 Å². The van der Waals surface area contributed by atoms with Crippen LogP contribution >= 0.6 is 0 Å². The van der Waals surface area contributed by atoms with Gasteiger partial charge >= 0.3 is 0 Å². The van der Waals surface area contributed by atoms with E-state index in [2.05, 4.69) is 84.6 Å². The van der Waals surface area contributed by atoms with Crippen molar-refractivity contribution < 1.29 is 9.22 Å². The van der Waals surface area contributed by atoms with Gasteiger partial charge in [-0.05, 0) is 40.1 Å². The number of rotatable bonds is 7. The van der Waals surface area contributed by atoms with Gasteiger partial charge in [0.15, 0.2) is 0 Å². The number of carbonyl (C=O) groups is 1. The number of hydrogen-bond acceptors (Lipinski definition) is 2. The van der Waals surface area contributed by atoms with Crippen LogP contribution in [0.15, 0.2) is 133 Å². The fourth-order valence-electron chi connectivity index (χ4n) is 3.93. The Morgan fingerprint density at radius 3 is 1.53 bits per heavy atom. The van der Waals surface area contributed by atoms with Crippen molar-refractivity contribution in [1.82, 2.24) is 0 Å². The Bertz CT molecular complexity index is 1210. The van der Waals surface area contributed by atoms with Crippen LogP contribution in [0.3, 0.4) is 0 Å². The summed E-state index contributed by atoms with van der Waals surface area (Å²) in [5.74, 6) is 5.54. The fraction of sp³-hybridized carbons (Fsp3) is 0.0645. The Kier molecular flexibility index (Phi) is 7.67. The van der Waals surface area contributed by atoms with Crippen molar-refractivity contribution in [3.05, 3.63) is 139 Å². The second kappa shape index (κ2) is 11.2. The summed E-state index contributed by atoms with van der Waals surface area (Å²) in [7, 11) is -2.75. The largest absolute Gasteiger partial charge is 0.400 e. The molecule has 0 spiro atoms. The predicted molar refractivity (Wildman–Crippen MR) is 142 cm³/mol. The molecular formula is C31H26O2Si. The molecule has 166 valence electrons. The Labute approximate surface area is 202 Å². The lowest BCUT2D eigenvalue weighted by Crippen LogP contribution is -2.69. The molecule has 0 aliphatic heterocycles. The van der Waals surface area contributed by atoms with Gasteiger partial charge in [0, 0.05) is 5.56 Å². The van der Waals surface area contributed by atoms with E-state index in [1.807, 2.05) is 49.4 Å². The second-order valence-corrected chi connectivity index (χ2v) is 11.3. The molecule has 4 rings (SSSR count). The van der Waals surface area contributed by atoms with Crippen LogP contribution in [-0.4, -0.2) is 20.7 Å². The maximum absolute atomic E-state index is 12.3. The number of benzene rings is 4. The van der Waals surface area contributed by atoms with Crippen LogP contribution in [0, 0.1) is 11.8 Å². The number of Topliss-reactive ketones (excluding diaryl/α,β-unsaturated/α-hetero) is 1. The zero-order chi connectivity index (χ0) is 23.6. The van der Waals surface area contributed by atoms with Crippen LogP contribution in [0.1, 0.15) is 17.3 Å². The van der Waals surface area contributed by atoms with Crippen LogP contribution < -0.4 is 15.6 Å². The van der Waals surface area contributed by atoms with Gasteiger partial charge in [-0.2, -0.15) is 0 Å². The Hall–Kier alpha value is -3.97. The molecule has 0 amide bonds. The Balaban J connectivity index is 1.66. The number of hydrogen-bond donors (Lipinski definition) is 0. The first-order chi connectivity index (χ1) is 16.7. The quantitative estimate of drug-likeness (QED) is 0.134. The molecule has 4 aromatic carbocycles. The second-order valence-electron chi connectivity index (χ2n) is 7.92. The minimum Gasteiger partial charge on any atom is -0.400 e. The molecule has 0 radical (unpaired) electrons. The highest BCUT2D eigenvalue weighted by Crippen LogP contribution is 2.10. The molecule has 2 nitrogen and oxygen atoms in total. The molecule has 0 saturated carbocycles. The minimum absolute atomic E-state index is 0.184. The van der Waals surface area contributed by atoms with Crippen LogP contribution in [0.4, 0.5) is 0 Å². The molecule has 0 saturated heterocycles. The lowest BCUT2D eigenvalue weighted by molar-refractivity contribution is 0.105. The van der Waals surface area contributed by atoms with Gasteiger partial charge in [-0.1, -0.05) is 127 Å². The van der Waals surface area contributed by atoms with Crippen molar-refractivity contribution in [3.63, 3.8) is 0 Å². The third-order valence-corrected chi connectivity index (χ3v) is 9.68. The van der Waals surface area contributed by atoms with Gasteiger partial charge in [0.2, 0.25) is 5.78 Å². The van der Waals surface area contributed by atoms with Gasteiger partial charge < -0.3 is 4.43 Å². The molecule has 3 heteroatoms. The van der Waals surface area contributed by atoms with E-state index in [9.17, 15) is 4.79 Å². The number of carbonyl (C=O) groups excluding carboxylic acids is 1. The number of allylic oxidation sites excluding steroid dienone is 1. The van der Waals surface area contributed by atoms with E-state index in [0.29, 0.717) is 12.2 Å². The third kappa shape index (κ3) is 5.32. The van der Waals surface area contributed by atoms with Gasteiger partial charge in [-0.3, -0.25) is 4.79 Å². The maximum atomic E-state index is 12.3. The lowest BCUT2D eigenvalue weighted by atomic mass is 10.1. The molecule has 34 heavy (non-hydrogen) atoms. The van der Waals surface area contributed by atoms with Gasteiger partial charge in [0.1, 0.15) is 0 Å². The van der Waals surface area contributed by atoms with Gasteiger partial charge in [-0.25, -0.2) is 0 Å². The Morgan fingerprint density at radius 2 is 1.09 bits per heavy atom. The van der Waals surface area contributed by atoms with Crippen LogP contribution in [0.5, 0.6) is 0 Å². The predicted octanol–water partition coefficient (Wildman–Crippen LogP) is 4.50. The summed E-state index contributed by atoms with van der Waals surface area (Å²) in [4.78, 5) is 12.3. The van der Waals surface area contributed by atoms with E-state index < -0.39 is 8.32 Å². The maximum Gasteiger partial charge on any atom is 0.288 e. The summed E-state index contributed by atoms with van der Waals surface area (Å²) in [6.07, 6.45) is 1.96. The molecule has 0 atom stereocenters. The molecule has 0 aliphatic carbocycles. The molecule has 4 aromatic rings. The summed E-state index contributed by atoms with van der Waals surface area (Å²) in [6, 6.07) is 40.5. The van der Waals surface area contributed by atoms with Gasteiger partial charge in [-0.15, -0.1) is 0 Å². The highest BCUT2D eigenvalue weighted by molar-refractivity contribution is 7.07. The lowest BCUT2D eigenvalue weighted by Gasteiger charge is -2.32. The highest BCUT2D eigenvalue weighted by atomic mass is 28.4. The average molecular weight is 459 g/mol. The fourth-order valence-corrected chi connectivity index (χ4v) is 7.75. The highest BCUT2D eigenvalue weighted by Gasteiger charge is 2.41. The van der Waals surface area contributed by atoms with Crippen LogP contribution in [0.25, 0.3) is 0 Å². The average Bonchev–Trinajstić information content (AvgIpc) is 2.92. The molecule has 0 heterocycles. The first kappa shape index (κ1) is 23.2. The molecule has 0 fully saturated rings. The van der Waals surface area contributed by atoms with Crippen molar-refractivity contribution in [2.45, 2.75) is 6.92 Å². The standard InChI is InChI=1S/C31H26O2Si/c1-26(22-23-31(32)27-14-6-2-7-15-27)24-25-33-34(28-16-8-3-9-17-28,29-18-10-4-11-19-29)30-20-12-5-13-21-30/h2-21,24H,25H2,1H3. The van der Waals surface area contributed by atoms with Crippen molar-refractivity contribution in [2.24, 2.45) is 0 Å². The number of ketones is 1.